The Morgan fingerprint density at radius 3 is 2.67 bits per heavy atom. The molecule has 0 spiro atoms. The van der Waals surface area contributed by atoms with Gasteiger partial charge in [0.15, 0.2) is 0 Å². The molecule has 0 amide bonds. The van der Waals surface area contributed by atoms with E-state index in [9.17, 15) is 4.79 Å². The summed E-state index contributed by atoms with van der Waals surface area (Å²) in [5.74, 6) is 0. The third-order valence-corrected chi connectivity index (χ3v) is 0.365. The van der Waals surface area contributed by atoms with Gasteiger partial charge in [-0.2, -0.15) is 0 Å². The predicted molar refractivity (Wildman–Crippen MR) is 22.2 cm³/mol. The molecule has 2 heteroatoms. The van der Waals surface area contributed by atoms with Crippen LogP contribution in [0.15, 0.2) is 0 Å². The number of hydrogen-bond donors (Lipinski definition) is 0. The fraction of sp³-hybridized carbons (Fsp3) is 0.750. The van der Waals surface area contributed by atoms with Crippen LogP contribution in [0, 0.1) is 0 Å². The molecule has 0 fully saturated rings. The standard InChI is InChI=1S/C4H7O2/c1-2-6-4-3-5/h2,4H2,1H3. The highest BCUT2D eigenvalue weighted by molar-refractivity contribution is 5.51. The van der Waals surface area contributed by atoms with Crippen molar-refractivity contribution in [1.82, 2.24) is 0 Å². The summed E-state index contributed by atoms with van der Waals surface area (Å²) in [6, 6.07) is 0. The minimum Gasteiger partial charge on any atom is -0.373 e. The van der Waals surface area contributed by atoms with E-state index in [2.05, 4.69) is 4.74 Å². The number of hydrogen-bond acceptors (Lipinski definition) is 2. The fourth-order valence-corrected chi connectivity index (χ4v) is 0.144. The first kappa shape index (κ1) is 5.63. The smallest absolute Gasteiger partial charge is 0.226 e. The molecule has 35 valence electrons. The Kier molecular flexibility index (Phi) is 4.34. The molecule has 0 aliphatic heterocycles. The van der Waals surface area contributed by atoms with Gasteiger partial charge in [0, 0.05) is 6.61 Å². The summed E-state index contributed by atoms with van der Waals surface area (Å²) in [6.07, 6.45) is 1.60. The average molecular weight is 87.1 g/mol. The molecule has 0 atom stereocenters. The van der Waals surface area contributed by atoms with Gasteiger partial charge in [-0.1, -0.05) is 0 Å². The van der Waals surface area contributed by atoms with Gasteiger partial charge in [0.1, 0.15) is 6.61 Å². The highest BCUT2D eigenvalue weighted by atomic mass is 16.5. The molecule has 6 heavy (non-hydrogen) atoms. The fourth-order valence-electron chi connectivity index (χ4n) is 0.144. The lowest BCUT2D eigenvalue weighted by Crippen LogP contribution is -1.91. The van der Waals surface area contributed by atoms with Crippen LogP contribution in [0.4, 0.5) is 0 Å². The largest absolute Gasteiger partial charge is 0.373 e. The maximum absolute atomic E-state index is 9.31. The molecule has 0 aromatic rings. The first-order valence-electron chi connectivity index (χ1n) is 1.84. The molecule has 0 heterocycles. The van der Waals surface area contributed by atoms with Crippen molar-refractivity contribution >= 4 is 6.29 Å². The molecule has 1 radical (unpaired) electrons. The molecule has 0 aliphatic carbocycles. The molecule has 0 aliphatic rings. The van der Waals surface area contributed by atoms with Gasteiger partial charge in [-0.25, -0.2) is 0 Å². The molecule has 0 aromatic heterocycles. The van der Waals surface area contributed by atoms with E-state index < -0.39 is 0 Å². The second kappa shape index (κ2) is 4.63. The zero-order valence-corrected chi connectivity index (χ0v) is 3.73. The van der Waals surface area contributed by atoms with Crippen LogP contribution in [-0.2, 0) is 9.53 Å². The van der Waals surface area contributed by atoms with E-state index in [-0.39, 0.29) is 6.61 Å². The number of carbonyl (C=O) groups excluding carboxylic acids is 1. The topological polar surface area (TPSA) is 26.3 Å². The Hall–Kier alpha value is -0.370. The van der Waals surface area contributed by atoms with E-state index >= 15 is 0 Å². The van der Waals surface area contributed by atoms with Crippen LogP contribution in [0.2, 0.25) is 0 Å². The lowest BCUT2D eigenvalue weighted by Gasteiger charge is -1.84. The summed E-state index contributed by atoms with van der Waals surface area (Å²) < 4.78 is 4.56. The van der Waals surface area contributed by atoms with Crippen LogP contribution < -0.4 is 0 Å². The molecular weight excluding hydrogens is 80.0 g/mol. The van der Waals surface area contributed by atoms with Crippen molar-refractivity contribution in [3.63, 3.8) is 0 Å². The molecule has 0 unspecified atom stereocenters. The predicted octanol–water partition coefficient (Wildman–Crippen LogP) is 0.133. The maximum atomic E-state index is 9.31. The highest BCUT2D eigenvalue weighted by Gasteiger charge is 1.73. The Labute approximate surface area is 37.1 Å². The number of ether oxygens (including phenoxy) is 1. The second-order valence-corrected chi connectivity index (χ2v) is 0.781. The van der Waals surface area contributed by atoms with E-state index in [0.717, 1.165) is 0 Å². The van der Waals surface area contributed by atoms with E-state index in [0.29, 0.717) is 6.61 Å². The van der Waals surface area contributed by atoms with Gasteiger partial charge in [0.05, 0.1) is 0 Å². The molecule has 0 saturated carbocycles. The van der Waals surface area contributed by atoms with E-state index in [1.165, 1.54) is 0 Å². The Morgan fingerprint density at radius 1 is 1.83 bits per heavy atom. The zero-order chi connectivity index (χ0) is 4.83. The summed E-state index contributed by atoms with van der Waals surface area (Å²) in [5, 5.41) is 0. The van der Waals surface area contributed by atoms with Crippen molar-refractivity contribution in [2.24, 2.45) is 0 Å². The summed E-state index contributed by atoms with van der Waals surface area (Å²) in [7, 11) is 0. The van der Waals surface area contributed by atoms with Gasteiger partial charge in [-0.05, 0) is 6.92 Å². The SMILES string of the molecule is CCOC[C]=O. The van der Waals surface area contributed by atoms with Gasteiger partial charge in [-0.15, -0.1) is 0 Å². The summed E-state index contributed by atoms with van der Waals surface area (Å²) in [5.41, 5.74) is 0. The lowest BCUT2D eigenvalue weighted by molar-refractivity contribution is 0.184. The minimum atomic E-state index is 0.108. The third-order valence-electron chi connectivity index (χ3n) is 0.365. The monoisotopic (exact) mass is 87.0 g/mol. The van der Waals surface area contributed by atoms with Crippen LogP contribution in [0.25, 0.3) is 0 Å². The number of rotatable bonds is 3. The van der Waals surface area contributed by atoms with Gasteiger partial charge in [0.25, 0.3) is 0 Å². The molecule has 0 aromatic carbocycles. The van der Waals surface area contributed by atoms with Crippen LogP contribution in [-0.4, -0.2) is 19.5 Å². The quantitative estimate of drug-likeness (QED) is 0.457. The Balaban J connectivity index is 2.49. The molecule has 0 bridgehead atoms. The normalized spacial score (nSPS) is 8.17. The molecule has 2 nitrogen and oxygen atoms in total. The maximum Gasteiger partial charge on any atom is 0.226 e. The van der Waals surface area contributed by atoms with Gasteiger partial charge >= 0.3 is 0 Å². The second-order valence-electron chi connectivity index (χ2n) is 0.781. The van der Waals surface area contributed by atoms with Crippen LogP contribution >= 0.6 is 0 Å². The summed E-state index contributed by atoms with van der Waals surface area (Å²) in [6.45, 7) is 2.53. The Bertz CT molecular complexity index is 34.5. The van der Waals surface area contributed by atoms with Crippen molar-refractivity contribution in [1.29, 1.82) is 0 Å². The lowest BCUT2D eigenvalue weighted by atomic mass is 10.8. The van der Waals surface area contributed by atoms with Gasteiger partial charge in [0.2, 0.25) is 6.29 Å². The van der Waals surface area contributed by atoms with Gasteiger partial charge < -0.3 is 4.74 Å². The molecular formula is C4H7O2. The zero-order valence-electron chi connectivity index (χ0n) is 3.73. The van der Waals surface area contributed by atoms with Crippen LogP contribution in [0.1, 0.15) is 6.92 Å². The molecule has 0 saturated heterocycles. The first-order valence-corrected chi connectivity index (χ1v) is 1.84. The average Bonchev–Trinajstić information content (AvgIpc) is 1.61. The highest BCUT2D eigenvalue weighted by Crippen LogP contribution is 1.63. The van der Waals surface area contributed by atoms with Crippen molar-refractivity contribution in [2.75, 3.05) is 13.2 Å². The Morgan fingerprint density at radius 2 is 2.50 bits per heavy atom. The van der Waals surface area contributed by atoms with Crippen molar-refractivity contribution < 1.29 is 9.53 Å². The molecule has 0 N–H and O–H groups in total. The van der Waals surface area contributed by atoms with E-state index in [4.69, 9.17) is 0 Å². The van der Waals surface area contributed by atoms with E-state index in [1.54, 1.807) is 6.29 Å². The third kappa shape index (κ3) is 3.63. The van der Waals surface area contributed by atoms with E-state index in [1.807, 2.05) is 6.92 Å². The van der Waals surface area contributed by atoms with Gasteiger partial charge in [-0.3, -0.25) is 4.79 Å². The van der Waals surface area contributed by atoms with Crippen molar-refractivity contribution in [3.8, 4) is 0 Å². The van der Waals surface area contributed by atoms with Crippen LogP contribution in [0.3, 0.4) is 0 Å². The minimum absolute atomic E-state index is 0.108. The first-order chi connectivity index (χ1) is 2.91. The summed E-state index contributed by atoms with van der Waals surface area (Å²) >= 11 is 0. The van der Waals surface area contributed by atoms with Crippen molar-refractivity contribution in [3.05, 3.63) is 0 Å². The van der Waals surface area contributed by atoms with Crippen molar-refractivity contribution in [2.45, 2.75) is 6.92 Å². The van der Waals surface area contributed by atoms with Crippen LogP contribution in [0.5, 0.6) is 0 Å². The molecule has 0 rings (SSSR count). The summed E-state index contributed by atoms with van der Waals surface area (Å²) in [4.78, 5) is 9.31.